The molecule has 1 fully saturated rings. The second-order valence-corrected chi connectivity index (χ2v) is 4.89. The zero-order valence-corrected chi connectivity index (χ0v) is 11.4. The fraction of sp³-hybridized carbons (Fsp3) is 0.429. The molecule has 4 N–H and O–H groups in total. The van der Waals surface area contributed by atoms with E-state index < -0.39 is 11.8 Å². The highest BCUT2D eigenvalue weighted by molar-refractivity contribution is 6.39. The predicted octanol–water partition coefficient (Wildman–Crippen LogP) is 0.811. The van der Waals surface area contributed by atoms with Crippen molar-refractivity contribution in [3.05, 3.63) is 23.8 Å². The Hall–Kier alpha value is -2.08. The highest BCUT2D eigenvalue weighted by Gasteiger charge is 2.19. The van der Waals surface area contributed by atoms with E-state index in [9.17, 15) is 9.59 Å². The van der Waals surface area contributed by atoms with Gasteiger partial charge in [-0.3, -0.25) is 9.59 Å². The molecule has 0 spiro atoms. The van der Waals surface area contributed by atoms with Crippen LogP contribution in [0.2, 0.25) is 0 Å². The molecule has 0 aliphatic carbocycles. The van der Waals surface area contributed by atoms with Crippen LogP contribution in [0, 0.1) is 6.92 Å². The summed E-state index contributed by atoms with van der Waals surface area (Å²) in [5.74, 6) is -1.40. The Morgan fingerprint density at radius 1 is 1.40 bits per heavy atom. The lowest BCUT2D eigenvalue weighted by atomic mass is 10.2. The molecule has 1 saturated heterocycles. The SMILES string of the molecule is Cc1ccc(N)c(NC(=O)C(=O)NCC2CCCO2)c1. The molecule has 0 saturated carbocycles. The lowest BCUT2D eigenvalue weighted by Crippen LogP contribution is -2.39. The van der Waals surface area contributed by atoms with Crippen molar-refractivity contribution in [1.29, 1.82) is 0 Å². The Morgan fingerprint density at radius 3 is 2.90 bits per heavy atom. The minimum Gasteiger partial charge on any atom is -0.397 e. The number of nitrogens with one attached hydrogen (secondary N) is 2. The van der Waals surface area contributed by atoms with Crippen molar-refractivity contribution in [1.82, 2.24) is 5.32 Å². The minimum atomic E-state index is -0.722. The van der Waals surface area contributed by atoms with Crippen LogP contribution in [-0.2, 0) is 14.3 Å². The van der Waals surface area contributed by atoms with Crippen LogP contribution in [0.15, 0.2) is 18.2 Å². The van der Waals surface area contributed by atoms with Gasteiger partial charge < -0.3 is 21.1 Å². The molecule has 1 aromatic rings. The topological polar surface area (TPSA) is 93.5 Å². The van der Waals surface area contributed by atoms with Crippen molar-refractivity contribution in [3.63, 3.8) is 0 Å². The highest BCUT2D eigenvalue weighted by atomic mass is 16.5. The second-order valence-electron chi connectivity index (χ2n) is 4.89. The molecule has 0 aromatic heterocycles. The summed E-state index contributed by atoms with van der Waals surface area (Å²) in [6.07, 6.45) is 1.91. The van der Waals surface area contributed by atoms with Gasteiger partial charge in [-0.05, 0) is 37.5 Å². The lowest BCUT2D eigenvalue weighted by Gasteiger charge is -2.12. The first-order valence-corrected chi connectivity index (χ1v) is 6.63. The van der Waals surface area contributed by atoms with E-state index >= 15 is 0 Å². The normalized spacial score (nSPS) is 17.8. The number of carbonyl (C=O) groups is 2. The van der Waals surface area contributed by atoms with E-state index in [1.165, 1.54) is 0 Å². The number of nitrogen functional groups attached to an aromatic ring is 1. The van der Waals surface area contributed by atoms with Gasteiger partial charge in [-0.1, -0.05) is 6.07 Å². The number of ether oxygens (including phenoxy) is 1. The largest absolute Gasteiger partial charge is 0.397 e. The van der Waals surface area contributed by atoms with Gasteiger partial charge in [0.05, 0.1) is 17.5 Å². The van der Waals surface area contributed by atoms with Gasteiger partial charge in [0.1, 0.15) is 0 Å². The number of carbonyl (C=O) groups excluding carboxylic acids is 2. The Labute approximate surface area is 117 Å². The van der Waals surface area contributed by atoms with Crippen LogP contribution in [0.25, 0.3) is 0 Å². The van der Waals surface area contributed by atoms with E-state index in [0.29, 0.717) is 24.5 Å². The van der Waals surface area contributed by atoms with Crippen molar-refractivity contribution >= 4 is 23.2 Å². The fourth-order valence-corrected chi connectivity index (χ4v) is 2.05. The molecule has 20 heavy (non-hydrogen) atoms. The van der Waals surface area contributed by atoms with Gasteiger partial charge in [-0.2, -0.15) is 0 Å². The van der Waals surface area contributed by atoms with Crippen LogP contribution in [0.3, 0.4) is 0 Å². The molecular formula is C14H19N3O3. The molecule has 2 amide bonds. The van der Waals surface area contributed by atoms with E-state index in [1.54, 1.807) is 12.1 Å². The third-order valence-electron chi connectivity index (χ3n) is 3.18. The van der Waals surface area contributed by atoms with Crippen LogP contribution in [0.5, 0.6) is 0 Å². The predicted molar refractivity (Wildman–Crippen MR) is 76.2 cm³/mol. The molecule has 1 atom stereocenters. The number of aryl methyl sites for hydroxylation is 1. The maximum atomic E-state index is 11.8. The summed E-state index contributed by atoms with van der Waals surface area (Å²) in [6, 6.07) is 5.25. The highest BCUT2D eigenvalue weighted by Crippen LogP contribution is 2.19. The smallest absolute Gasteiger partial charge is 0.313 e. The average molecular weight is 277 g/mol. The number of nitrogens with two attached hydrogens (primary N) is 1. The second kappa shape index (κ2) is 6.38. The number of amides is 2. The number of hydrogen-bond acceptors (Lipinski definition) is 4. The number of rotatable bonds is 3. The van der Waals surface area contributed by atoms with Gasteiger partial charge in [0.2, 0.25) is 0 Å². The summed E-state index contributed by atoms with van der Waals surface area (Å²) in [5, 5.41) is 5.07. The quantitative estimate of drug-likeness (QED) is 0.563. The van der Waals surface area contributed by atoms with Gasteiger partial charge in [0, 0.05) is 13.2 Å². The zero-order valence-electron chi connectivity index (χ0n) is 11.4. The van der Waals surface area contributed by atoms with Crippen molar-refractivity contribution < 1.29 is 14.3 Å². The van der Waals surface area contributed by atoms with Gasteiger partial charge in [0.15, 0.2) is 0 Å². The summed E-state index contributed by atoms with van der Waals surface area (Å²) in [6.45, 7) is 2.95. The zero-order chi connectivity index (χ0) is 14.5. The Bertz CT molecular complexity index is 510. The number of hydrogen-bond donors (Lipinski definition) is 3. The van der Waals surface area contributed by atoms with Gasteiger partial charge >= 0.3 is 11.8 Å². The first-order chi connectivity index (χ1) is 9.56. The lowest BCUT2D eigenvalue weighted by molar-refractivity contribution is -0.136. The third-order valence-corrected chi connectivity index (χ3v) is 3.18. The summed E-state index contributed by atoms with van der Waals surface area (Å²) < 4.78 is 5.37. The molecule has 2 rings (SSSR count). The van der Waals surface area contributed by atoms with Crippen LogP contribution in [0.4, 0.5) is 11.4 Å². The molecule has 1 heterocycles. The van der Waals surface area contributed by atoms with Crippen LogP contribution >= 0.6 is 0 Å². The third kappa shape index (κ3) is 3.71. The van der Waals surface area contributed by atoms with E-state index in [1.807, 2.05) is 13.0 Å². The molecule has 0 bridgehead atoms. The number of benzene rings is 1. The van der Waals surface area contributed by atoms with Gasteiger partial charge in [0.25, 0.3) is 0 Å². The monoisotopic (exact) mass is 277 g/mol. The van der Waals surface area contributed by atoms with E-state index in [4.69, 9.17) is 10.5 Å². The molecule has 6 heteroatoms. The maximum Gasteiger partial charge on any atom is 0.313 e. The van der Waals surface area contributed by atoms with E-state index in [2.05, 4.69) is 10.6 Å². The first-order valence-electron chi connectivity index (χ1n) is 6.63. The summed E-state index contributed by atoms with van der Waals surface area (Å²) in [4.78, 5) is 23.4. The van der Waals surface area contributed by atoms with Gasteiger partial charge in [-0.15, -0.1) is 0 Å². The van der Waals surface area contributed by atoms with Crippen LogP contribution < -0.4 is 16.4 Å². The summed E-state index contributed by atoms with van der Waals surface area (Å²) in [5.41, 5.74) is 7.57. The van der Waals surface area contributed by atoms with Crippen LogP contribution in [0.1, 0.15) is 18.4 Å². The van der Waals surface area contributed by atoms with Crippen molar-refractivity contribution in [3.8, 4) is 0 Å². The Morgan fingerprint density at radius 2 is 2.20 bits per heavy atom. The minimum absolute atomic E-state index is 0.00999. The standard InChI is InChI=1S/C14H19N3O3/c1-9-4-5-11(15)12(7-9)17-14(19)13(18)16-8-10-3-2-6-20-10/h4-5,7,10H,2-3,6,8,15H2,1H3,(H,16,18)(H,17,19). The molecule has 1 aromatic carbocycles. The van der Waals surface area contributed by atoms with Gasteiger partial charge in [-0.25, -0.2) is 0 Å². The molecule has 0 radical (unpaired) electrons. The van der Waals surface area contributed by atoms with E-state index in [-0.39, 0.29) is 6.10 Å². The molecule has 108 valence electrons. The summed E-state index contributed by atoms with van der Waals surface area (Å²) >= 11 is 0. The molecule has 1 aliphatic heterocycles. The first kappa shape index (κ1) is 14.3. The fourth-order valence-electron chi connectivity index (χ4n) is 2.05. The van der Waals surface area contributed by atoms with Crippen molar-refractivity contribution in [2.24, 2.45) is 0 Å². The molecule has 6 nitrogen and oxygen atoms in total. The Balaban J connectivity index is 1.87. The Kier molecular flexibility index (Phi) is 4.57. The number of anilines is 2. The molecular weight excluding hydrogens is 258 g/mol. The summed E-state index contributed by atoms with van der Waals surface area (Å²) in [7, 11) is 0. The average Bonchev–Trinajstić information content (AvgIpc) is 2.93. The molecule has 1 unspecified atom stereocenters. The van der Waals surface area contributed by atoms with E-state index in [0.717, 1.165) is 18.4 Å². The van der Waals surface area contributed by atoms with Crippen molar-refractivity contribution in [2.45, 2.75) is 25.9 Å². The van der Waals surface area contributed by atoms with Crippen LogP contribution in [-0.4, -0.2) is 31.1 Å². The maximum absolute atomic E-state index is 11.8. The molecule has 1 aliphatic rings. The van der Waals surface area contributed by atoms with Crippen molar-refractivity contribution in [2.75, 3.05) is 24.2 Å².